The van der Waals surface area contributed by atoms with Gasteiger partial charge in [0.15, 0.2) is 0 Å². The monoisotopic (exact) mass is 218 g/mol. The predicted molar refractivity (Wildman–Crippen MR) is 66.5 cm³/mol. The fraction of sp³-hybridized carbons (Fsp3) is 0.714. The van der Waals surface area contributed by atoms with E-state index in [1.54, 1.807) is 0 Å². The highest BCUT2D eigenvalue weighted by atomic mass is 14.8. The minimum absolute atomic E-state index is 0.0986. The van der Waals surface area contributed by atoms with Gasteiger partial charge in [-0.05, 0) is 18.3 Å². The molecule has 0 amide bonds. The number of aromatic nitrogens is 2. The van der Waals surface area contributed by atoms with Crippen molar-refractivity contribution < 1.29 is 0 Å². The Hall–Kier alpha value is -0.920. The maximum atomic E-state index is 4.62. The van der Waals surface area contributed by atoms with Crippen LogP contribution in [-0.4, -0.2) is 9.97 Å². The van der Waals surface area contributed by atoms with Crippen molar-refractivity contribution in [1.29, 1.82) is 0 Å². The van der Waals surface area contributed by atoms with Crippen molar-refractivity contribution in [1.82, 2.24) is 9.97 Å². The van der Waals surface area contributed by atoms with Gasteiger partial charge in [0.25, 0.3) is 0 Å². The van der Waals surface area contributed by atoms with Crippen molar-refractivity contribution in [2.45, 2.75) is 58.8 Å². The van der Waals surface area contributed by atoms with E-state index in [1.165, 1.54) is 24.2 Å². The first-order chi connectivity index (χ1) is 7.36. The third kappa shape index (κ3) is 1.55. The zero-order valence-corrected chi connectivity index (χ0v) is 11.0. The molecule has 0 fully saturated rings. The van der Waals surface area contributed by atoms with Crippen molar-refractivity contribution in [2.24, 2.45) is 5.41 Å². The molecule has 0 aromatic carbocycles. The molecule has 1 aromatic rings. The number of rotatable bonds is 0. The summed E-state index contributed by atoms with van der Waals surface area (Å²) in [6, 6.07) is 0. The van der Waals surface area contributed by atoms with Crippen molar-refractivity contribution in [2.75, 3.05) is 0 Å². The Kier molecular flexibility index (Phi) is 2.56. The first kappa shape index (κ1) is 11.6. The molecule has 2 nitrogen and oxygen atoms in total. The average Bonchev–Trinajstić information content (AvgIpc) is 2.30. The summed E-state index contributed by atoms with van der Waals surface area (Å²) in [6.45, 7) is 11.6. The highest BCUT2D eigenvalue weighted by Gasteiger charge is 2.43. The van der Waals surface area contributed by atoms with Crippen LogP contribution >= 0.6 is 0 Å². The summed E-state index contributed by atoms with van der Waals surface area (Å²) in [7, 11) is 0. The molecule has 1 heterocycles. The lowest BCUT2D eigenvalue weighted by Crippen LogP contribution is -2.37. The van der Waals surface area contributed by atoms with Crippen LogP contribution in [-0.2, 0) is 5.41 Å². The van der Waals surface area contributed by atoms with Gasteiger partial charge in [0, 0.05) is 23.7 Å². The van der Waals surface area contributed by atoms with E-state index in [-0.39, 0.29) is 10.8 Å². The van der Waals surface area contributed by atoms with Crippen LogP contribution in [0.5, 0.6) is 0 Å². The van der Waals surface area contributed by atoms with Gasteiger partial charge < -0.3 is 0 Å². The summed E-state index contributed by atoms with van der Waals surface area (Å²) in [5.41, 5.74) is 2.78. The summed E-state index contributed by atoms with van der Waals surface area (Å²) in [4.78, 5) is 9.17. The molecule has 0 saturated carbocycles. The predicted octanol–water partition coefficient (Wildman–Crippen LogP) is 3.68. The first-order valence-electron chi connectivity index (χ1n) is 6.17. The standard InChI is InChI=1S/C14H22N2/c1-10-6-7-13(2,3)14(4,5)12-11(10)15-8-9-16-12/h8-10H,6-7H2,1-5H3. The quantitative estimate of drug-likeness (QED) is 0.621. The minimum Gasteiger partial charge on any atom is -0.257 e. The van der Waals surface area contributed by atoms with Gasteiger partial charge >= 0.3 is 0 Å². The van der Waals surface area contributed by atoms with Crippen LogP contribution in [0.15, 0.2) is 12.4 Å². The fourth-order valence-corrected chi connectivity index (χ4v) is 2.54. The van der Waals surface area contributed by atoms with Crippen LogP contribution in [0, 0.1) is 5.41 Å². The Balaban J connectivity index is 2.63. The van der Waals surface area contributed by atoms with E-state index >= 15 is 0 Å². The second-order valence-corrected chi connectivity index (χ2v) is 6.24. The molecule has 1 atom stereocenters. The van der Waals surface area contributed by atoms with E-state index in [0.29, 0.717) is 5.92 Å². The molecule has 2 heteroatoms. The van der Waals surface area contributed by atoms with E-state index in [4.69, 9.17) is 0 Å². The number of hydrogen-bond acceptors (Lipinski definition) is 2. The van der Waals surface area contributed by atoms with Gasteiger partial charge in [-0.1, -0.05) is 34.6 Å². The number of fused-ring (bicyclic) bond motifs is 1. The third-order valence-electron chi connectivity index (χ3n) is 4.68. The van der Waals surface area contributed by atoms with Crippen LogP contribution in [0.4, 0.5) is 0 Å². The molecule has 16 heavy (non-hydrogen) atoms. The maximum Gasteiger partial charge on any atom is 0.0682 e. The fourth-order valence-electron chi connectivity index (χ4n) is 2.54. The summed E-state index contributed by atoms with van der Waals surface area (Å²) in [5, 5.41) is 0. The van der Waals surface area contributed by atoms with Gasteiger partial charge in [0.2, 0.25) is 0 Å². The Bertz CT molecular complexity index is 393. The zero-order valence-electron chi connectivity index (χ0n) is 11.0. The maximum absolute atomic E-state index is 4.62. The van der Waals surface area contributed by atoms with Crippen LogP contribution in [0.3, 0.4) is 0 Å². The molecule has 0 saturated heterocycles. The normalized spacial score (nSPS) is 26.9. The molecule has 2 rings (SSSR count). The third-order valence-corrected chi connectivity index (χ3v) is 4.68. The van der Waals surface area contributed by atoms with Gasteiger partial charge in [0.05, 0.1) is 11.4 Å². The second-order valence-electron chi connectivity index (χ2n) is 6.24. The highest BCUT2D eigenvalue weighted by molar-refractivity contribution is 5.27. The van der Waals surface area contributed by atoms with Crippen LogP contribution in [0.2, 0.25) is 0 Å². The average molecular weight is 218 g/mol. The van der Waals surface area contributed by atoms with Crippen molar-refractivity contribution in [3.05, 3.63) is 23.8 Å². The van der Waals surface area contributed by atoms with Gasteiger partial charge in [-0.3, -0.25) is 9.97 Å². The molecule has 1 aliphatic carbocycles. The lowest BCUT2D eigenvalue weighted by Gasteiger charge is -2.40. The Morgan fingerprint density at radius 3 is 2.44 bits per heavy atom. The van der Waals surface area contributed by atoms with Gasteiger partial charge in [0.1, 0.15) is 0 Å². The summed E-state index contributed by atoms with van der Waals surface area (Å²) in [6.07, 6.45) is 6.10. The Labute approximate surface area is 98.5 Å². The molecule has 1 aliphatic rings. The van der Waals surface area contributed by atoms with E-state index in [9.17, 15) is 0 Å². The lowest BCUT2D eigenvalue weighted by molar-refractivity contribution is 0.178. The summed E-state index contributed by atoms with van der Waals surface area (Å²) < 4.78 is 0. The summed E-state index contributed by atoms with van der Waals surface area (Å²) >= 11 is 0. The summed E-state index contributed by atoms with van der Waals surface area (Å²) in [5.74, 6) is 0.532. The minimum atomic E-state index is 0.0986. The van der Waals surface area contributed by atoms with Gasteiger partial charge in [-0.25, -0.2) is 0 Å². The largest absolute Gasteiger partial charge is 0.257 e. The molecule has 0 N–H and O–H groups in total. The van der Waals surface area contributed by atoms with Crippen LogP contribution in [0.25, 0.3) is 0 Å². The van der Waals surface area contributed by atoms with Crippen LogP contribution in [0.1, 0.15) is 64.8 Å². The smallest absolute Gasteiger partial charge is 0.0682 e. The molecule has 0 spiro atoms. The first-order valence-corrected chi connectivity index (χ1v) is 6.17. The molecule has 0 bridgehead atoms. The topological polar surface area (TPSA) is 25.8 Å². The highest BCUT2D eigenvalue weighted by Crippen LogP contribution is 2.49. The van der Waals surface area contributed by atoms with E-state index in [0.717, 1.165) is 0 Å². The molecule has 0 aliphatic heterocycles. The van der Waals surface area contributed by atoms with Crippen molar-refractivity contribution in [3.8, 4) is 0 Å². The molecule has 1 aromatic heterocycles. The molecular weight excluding hydrogens is 196 g/mol. The van der Waals surface area contributed by atoms with Gasteiger partial charge in [-0.15, -0.1) is 0 Å². The number of nitrogens with zero attached hydrogens (tertiary/aromatic N) is 2. The molecule has 0 radical (unpaired) electrons. The van der Waals surface area contributed by atoms with E-state index < -0.39 is 0 Å². The number of hydrogen-bond donors (Lipinski definition) is 0. The van der Waals surface area contributed by atoms with Crippen molar-refractivity contribution >= 4 is 0 Å². The van der Waals surface area contributed by atoms with E-state index in [1.807, 2.05) is 12.4 Å². The van der Waals surface area contributed by atoms with Gasteiger partial charge in [-0.2, -0.15) is 0 Å². The molecule has 1 unspecified atom stereocenters. The lowest BCUT2D eigenvalue weighted by atomic mass is 9.65. The second kappa shape index (κ2) is 3.54. The zero-order chi connectivity index (χ0) is 12.0. The Morgan fingerprint density at radius 1 is 1.12 bits per heavy atom. The van der Waals surface area contributed by atoms with Crippen molar-refractivity contribution in [3.63, 3.8) is 0 Å². The van der Waals surface area contributed by atoms with E-state index in [2.05, 4.69) is 44.6 Å². The molecular formula is C14H22N2. The molecule has 88 valence electrons. The SMILES string of the molecule is CC1CCC(C)(C)C(C)(C)c2nccnc21. The Morgan fingerprint density at radius 2 is 1.75 bits per heavy atom. The van der Waals surface area contributed by atoms with Crippen LogP contribution < -0.4 is 0 Å².